The Labute approximate surface area is 143 Å². The summed E-state index contributed by atoms with van der Waals surface area (Å²) in [7, 11) is 1.82. The molecule has 5 heteroatoms. The van der Waals surface area contributed by atoms with Gasteiger partial charge in [-0.2, -0.15) is 0 Å². The van der Waals surface area contributed by atoms with Gasteiger partial charge in [0.15, 0.2) is 0 Å². The lowest BCUT2D eigenvalue weighted by atomic mass is 9.98. The van der Waals surface area contributed by atoms with E-state index in [0.717, 1.165) is 24.0 Å². The van der Waals surface area contributed by atoms with Gasteiger partial charge in [-0.15, -0.1) is 0 Å². The Bertz CT molecular complexity index is 564. The summed E-state index contributed by atoms with van der Waals surface area (Å²) in [6.07, 6.45) is 7.90. The normalized spacial score (nSPS) is 12.2. The highest BCUT2D eigenvalue weighted by Gasteiger charge is 2.18. The molecule has 1 atom stereocenters. The van der Waals surface area contributed by atoms with Crippen molar-refractivity contribution in [2.45, 2.75) is 26.2 Å². The summed E-state index contributed by atoms with van der Waals surface area (Å²) in [5.41, 5.74) is 8.05. The molecule has 0 saturated carbocycles. The first kappa shape index (κ1) is 19.3. The third-order valence-electron chi connectivity index (χ3n) is 3.60. The molecule has 0 aromatic heterocycles. The Hall–Kier alpha value is -1.78. The smallest absolute Gasteiger partial charge is 0.227 e. The van der Waals surface area contributed by atoms with Gasteiger partial charge in [-0.25, -0.2) is 0 Å². The Balaban J connectivity index is 3.04. The Kier molecular flexibility index (Phi) is 8.45. The van der Waals surface area contributed by atoms with Crippen molar-refractivity contribution in [2.24, 2.45) is 11.7 Å². The van der Waals surface area contributed by atoms with E-state index in [0.29, 0.717) is 23.7 Å². The summed E-state index contributed by atoms with van der Waals surface area (Å²) < 4.78 is 0. The molecule has 1 aromatic rings. The van der Waals surface area contributed by atoms with Gasteiger partial charge in [0.05, 0.1) is 10.7 Å². The van der Waals surface area contributed by atoms with Crippen LogP contribution in [0.3, 0.4) is 0 Å². The first-order chi connectivity index (χ1) is 11.1. The van der Waals surface area contributed by atoms with Crippen LogP contribution in [0.5, 0.6) is 0 Å². The van der Waals surface area contributed by atoms with Gasteiger partial charge in [0.25, 0.3) is 0 Å². The van der Waals surface area contributed by atoms with Gasteiger partial charge in [0.2, 0.25) is 5.91 Å². The van der Waals surface area contributed by atoms with Gasteiger partial charge < -0.3 is 16.4 Å². The summed E-state index contributed by atoms with van der Waals surface area (Å²) in [6, 6.07) is 3.66. The van der Waals surface area contributed by atoms with E-state index in [9.17, 15) is 4.79 Å². The van der Waals surface area contributed by atoms with Crippen LogP contribution in [0.2, 0.25) is 5.02 Å². The SMILES string of the molecule is C=Cc1cc(Cl)c(NC(=O)[C@H](CCC)CCN)cc1/C=C\NC. The maximum absolute atomic E-state index is 12.4. The van der Waals surface area contributed by atoms with E-state index in [2.05, 4.69) is 24.1 Å². The van der Waals surface area contributed by atoms with Crippen molar-refractivity contribution in [3.63, 3.8) is 0 Å². The van der Waals surface area contributed by atoms with Gasteiger partial charge in [-0.3, -0.25) is 4.79 Å². The van der Waals surface area contributed by atoms with Crippen LogP contribution in [0, 0.1) is 5.92 Å². The number of amides is 1. The Morgan fingerprint density at radius 1 is 1.39 bits per heavy atom. The topological polar surface area (TPSA) is 67.2 Å². The predicted octanol–water partition coefficient (Wildman–Crippen LogP) is 3.88. The highest BCUT2D eigenvalue weighted by molar-refractivity contribution is 6.34. The molecule has 4 nitrogen and oxygen atoms in total. The third-order valence-corrected chi connectivity index (χ3v) is 3.92. The van der Waals surface area contributed by atoms with Crippen molar-refractivity contribution >= 4 is 35.3 Å². The number of nitrogens with two attached hydrogens (primary N) is 1. The van der Waals surface area contributed by atoms with Gasteiger partial charge in [-0.05, 0) is 54.9 Å². The van der Waals surface area contributed by atoms with Crippen molar-refractivity contribution in [3.8, 4) is 0 Å². The number of halogens is 1. The predicted molar refractivity (Wildman–Crippen MR) is 100 cm³/mol. The fraction of sp³-hybridized carbons (Fsp3) is 0.389. The fourth-order valence-electron chi connectivity index (χ4n) is 2.39. The van der Waals surface area contributed by atoms with Crippen LogP contribution in [-0.2, 0) is 4.79 Å². The Morgan fingerprint density at radius 3 is 2.70 bits per heavy atom. The van der Waals surface area contributed by atoms with Crippen molar-refractivity contribution in [2.75, 3.05) is 18.9 Å². The van der Waals surface area contributed by atoms with Crippen LogP contribution in [0.25, 0.3) is 12.2 Å². The zero-order valence-electron chi connectivity index (χ0n) is 13.9. The summed E-state index contributed by atoms with van der Waals surface area (Å²) >= 11 is 6.29. The van der Waals surface area contributed by atoms with E-state index in [1.807, 2.05) is 25.4 Å². The summed E-state index contributed by atoms with van der Waals surface area (Å²) in [6.45, 7) is 6.35. The number of rotatable bonds is 9. The molecule has 0 aliphatic rings. The van der Waals surface area contributed by atoms with Gasteiger partial charge in [-0.1, -0.05) is 37.6 Å². The average Bonchev–Trinajstić information content (AvgIpc) is 2.54. The lowest BCUT2D eigenvalue weighted by Gasteiger charge is -2.17. The lowest BCUT2D eigenvalue weighted by molar-refractivity contribution is -0.120. The molecular formula is C18H26ClN3O. The first-order valence-electron chi connectivity index (χ1n) is 7.88. The molecule has 4 N–H and O–H groups in total. The van der Waals surface area contributed by atoms with Crippen molar-refractivity contribution in [3.05, 3.63) is 41.1 Å². The molecule has 23 heavy (non-hydrogen) atoms. The van der Waals surface area contributed by atoms with Crippen LogP contribution in [0.15, 0.2) is 24.9 Å². The number of hydrogen-bond donors (Lipinski definition) is 3. The molecule has 0 aliphatic carbocycles. The fourth-order valence-corrected chi connectivity index (χ4v) is 2.61. The minimum atomic E-state index is -0.0866. The maximum Gasteiger partial charge on any atom is 0.227 e. The van der Waals surface area contributed by atoms with E-state index in [1.165, 1.54) is 0 Å². The number of nitrogens with one attached hydrogen (secondary N) is 2. The molecule has 1 amide bonds. The molecule has 0 fully saturated rings. The summed E-state index contributed by atoms with van der Waals surface area (Å²) in [4.78, 5) is 12.4. The van der Waals surface area contributed by atoms with Crippen molar-refractivity contribution in [1.82, 2.24) is 5.32 Å². The minimum Gasteiger partial charge on any atom is -0.394 e. The van der Waals surface area contributed by atoms with E-state index in [1.54, 1.807) is 12.1 Å². The number of benzene rings is 1. The second-order valence-corrected chi connectivity index (χ2v) is 5.75. The lowest BCUT2D eigenvalue weighted by Crippen LogP contribution is -2.25. The molecule has 0 bridgehead atoms. The largest absolute Gasteiger partial charge is 0.394 e. The molecule has 0 radical (unpaired) electrons. The first-order valence-corrected chi connectivity index (χ1v) is 8.25. The van der Waals surface area contributed by atoms with Crippen molar-refractivity contribution < 1.29 is 4.79 Å². The van der Waals surface area contributed by atoms with Crippen molar-refractivity contribution in [1.29, 1.82) is 0 Å². The van der Waals surface area contributed by atoms with Gasteiger partial charge in [0.1, 0.15) is 0 Å². The minimum absolute atomic E-state index is 0.0332. The average molecular weight is 336 g/mol. The van der Waals surface area contributed by atoms with Crippen LogP contribution in [0.1, 0.15) is 37.3 Å². The molecule has 1 rings (SSSR count). The van der Waals surface area contributed by atoms with Gasteiger partial charge in [0, 0.05) is 13.0 Å². The van der Waals surface area contributed by atoms with Crippen LogP contribution in [-0.4, -0.2) is 19.5 Å². The molecule has 0 unspecified atom stereocenters. The zero-order chi connectivity index (χ0) is 17.2. The number of anilines is 1. The second-order valence-electron chi connectivity index (χ2n) is 5.34. The van der Waals surface area contributed by atoms with Crippen LogP contribution < -0.4 is 16.4 Å². The molecular weight excluding hydrogens is 310 g/mol. The van der Waals surface area contributed by atoms with E-state index >= 15 is 0 Å². The highest BCUT2D eigenvalue weighted by atomic mass is 35.5. The van der Waals surface area contributed by atoms with Crippen LogP contribution in [0.4, 0.5) is 5.69 Å². The van der Waals surface area contributed by atoms with Gasteiger partial charge >= 0.3 is 0 Å². The standard InChI is InChI=1S/C18H26ClN3O/c1-4-6-14(7-9-20)18(23)22-17-12-15(8-10-21-3)13(5-2)11-16(17)19/h5,8,10-12,14,21H,2,4,6-7,9,20H2,1,3H3,(H,22,23)/b10-8-/t14-/m1/s1. The Morgan fingerprint density at radius 2 is 2.13 bits per heavy atom. The number of carbonyl (C=O) groups excluding carboxylic acids is 1. The van der Waals surface area contributed by atoms with E-state index in [-0.39, 0.29) is 11.8 Å². The number of carbonyl (C=O) groups is 1. The highest BCUT2D eigenvalue weighted by Crippen LogP contribution is 2.28. The second kappa shape index (κ2) is 10.1. The maximum atomic E-state index is 12.4. The van der Waals surface area contributed by atoms with Crippen LogP contribution >= 0.6 is 11.6 Å². The quantitative estimate of drug-likeness (QED) is 0.641. The van der Waals surface area contributed by atoms with E-state index in [4.69, 9.17) is 17.3 Å². The van der Waals surface area contributed by atoms with E-state index < -0.39 is 0 Å². The molecule has 0 heterocycles. The monoisotopic (exact) mass is 335 g/mol. The third kappa shape index (κ3) is 5.73. The molecule has 126 valence electrons. The number of hydrogen-bond acceptors (Lipinski definition) is 3. The summed E-state index contributed by atoms with van der Waals surface area (Å²) in [5, 5.41) is 6.38. The zero-order valence-corrected chi connectivity index (χ0v) is 14.6. The molecule has 0 saturated heterocycles. The summed E-state index contributed by atoms with van der Waals surface area (Å²) in [5.74, 6) is -0.120. The molecule has 0 aliphatic heterocycles. The molecule has 0 spiro atoms. The molecule has 1 aromatic carbocycles.